The molecule has 36 heavy (non-hydrogen) atoms. The number of carbonyl (C=O) groups is 1. The van der Waals surface area contributed by atoms with Gasteiger partial charge < -0.3 is 18.6 Å². The second-order valence-electron chi connectivity index (χ2n) is 8.22. The Hall–Kier alpha value is -4.07. The number of carbonyl (C=O) groups excluding carboxylic acids is 1. The van der Waals surface area contributed by atoms with Crippen LogP contribution in [-0.4, -0.2) is 33.9 Å². The summed E-state index contributed by atoms with van der Waals surface area (Å²) >= 11 is 0. The lowest BCUT2D eigenvalue weighted by atomic mass is 10.2. The summed E-state index contributed by atoms with van der Waals surface area (Å²) in [7, 11) is 0. The average molecular weight is 490 g/mol. The second-order valence-corrected chi connectivity index (χ2v) is 8.22. The fourth-order valence-corrected chi connectivity index (χ4v) is 3.76. The Bertz CT molecular complexity index is 1280. The molecule has 8 nitrogen and oxygen atoms in total. The van der Waals surface area contributed by atoms with Gasteiger partial charge in [-0.15, -0.1) is 5.10 Å². The highest BCUT2D eigenvalue weighted by atomic mass is 16.5. The van der Waals surface area contributed by atoms with Crippen LogP contribution in [0.1, 0.15) is 42.8 Å². The quantitative estimate of drug-likeness (QED) is 0.247. The molecule has 0 saturated carbocycles. The first-order chi connectivity index (χ1) is 17.6. The smallest absolute Gasteiger partial charge is 0.306 e. The summed E-state index contributed by atoms with van der Waals surface area (Å²) in [5.74, 6) is 2.37. The Balaban J connectivity index is 1.40. The topological polar surface area (TPSA) is 88.6 Å². The third-order valence-corrected chi connectivity index (χ3v) is 5.52. The van der Waals surface area contributed by atoms with Crippen LogP contribution in [-0.2, 0) is 29.1 Å². The monoisotopic (exact) mass is 489 g/mol. The van der Waals surface area contributed by atoms with Crippen LogP contribution in [0.4, 0.5) is 0 Å². The molecule has 0 aliphatic carbocycles. The van der Waals surface area contributed by atoms with E-state index in [1.165, 1.54) is 0 Å². The van der Waals surface area contributed by atoms with Crippen LogP contribution in [0.25, 0.3) is 11.5 Å². The Kier molecular flexibility index (Phi) is 8.39. The van der Waals surface area contributed by atoms with E-state index in [1.54, 1.807) is 6.92 Å². The molecule has 8 heteroatoms. The number of oxazole rings is 1. The number of rotatable bonds is 12. The predicted molar refractivity (Wildman–Crippen MR) is 135 cm³/mol. The third kappa shape index (κ3) is 6.53. The summed E-state index contributed by atoms with van der Waals surface area (Å²) in [6.07, 6.45) is 2.72. The first kappa shape index (κ1) is 25.0. The van der Waals surface area contributed by atoms with Gasteiger partial charge >= 0.3 is 5.97 Å². The van der Waals surface area contributed by atoms with E-state index in [4.69, 9.17) is 18.6 Å². The van der Waals surface area contributed by atoms with E-state index in [-0.39, 0.29) is 12.4 Å². The van der Waals surface area contributed by atoms with Crippen molar-refractivity contribution < 1.29 is 23.4 Å². The molecular weight excluding hydrogens is 458 g/mol. The maximum Gasteiger partial charge on any atom is 0.306 e. The zero-order chi connectivity index (χ0) is 25.3. The number of ether oxygens (including phenoxy) is 3. The van der Waals surface area contributed by atoms with E-state index in [2.05, 4.69) is 10.1 Å². The zero-order valence-electron chi connectivity index (χ0n) is 20.9. The molecular formula is C28H31N3O5. The molecule has 0 radical (unpaired) electrons. The number of esters is 1. The van der Waals surface area contributed by atoms with Gasteiger partial charge in [0.2, 0.25) is 11.8 Å². The molecule has 4 rings (SSSR count). The van der Waals surface area contributed by atoms with Crippen molar-refractivity contribution in [3.05, 3.63) is 83.4 Å². The first-order valence-corrected chi connectivity index (χ1v) is 12.1. The Morgan fingerprint density at radius 2 is 1.86 bits per heavy atom. The maximum atomic E-state index is 11.8. The summed E-state index contributed by atoms with van der Waals surface area (Å²) in [5.41, 5.74) is 3.60. The van der Waals surface area contributed by atoms with Crippen LogP contribution >= 0.6 is 0 Å². The fraction of sp³-hybridized carbons (Fsp3) is 0.321. The molecule has 188 valence electrons. The normalized spacial score (nSPS) is 10.9. The van der Waals surface area contributed by atoms with Gasteiger partial charge in [-0.25, -0.2) is 4.98 Å². The van der Waals surface area contributed by atoms with Crippen molar-refractivity contribution in [2.75, 3.05) is 13.2 Å². The molecule has 2 aromatic heterocycles. The number of benzene rings is 2. The van der Waals surface area contributed by atoms with Gasteiger partial charge in [-0.3, -0.25) is 9.48 Å². The summed E-state index contributed by atoms with van der Waals surface area (Å²) in [6.45, 7) is 7.32. The van der Waals surface area contributed by atoms with Crippen molar-refractivity contribution in [1.82, 2.24) is 14.8 Å². The Morgan fingerprint density at radius 3 is 2.64 bits per heavy atom. The number of aromatic nitrogens is 3. The number of hydrogen-bond donors (Lipinski definition) is 0. The molecule has 0 N–H and O–H groups in total. The van der Waals surface area contributed by atoms with Gasteiger partial charge in [-0.2, -0.15) is 0 Å². The van der Waals surface area contributed by atoms with E-state index in [1.807, 2.05) is 79.3 Å². The van der Waals surface area contributed by atoms with E-state index in [0.717, 1.165) is 33.9 Å². The van der Waals surface area contributed by atoms with Crippen LogP contribution in [0.5, 0.6) is 11.6 Å². The molecule has 0 amide bonds. The molecule has 0 saturated heterocycles. The van der Waals surface area contributed by atoms with E-state index in [9.17, 15) is 4.79 Å². The number of aryl methyl sites for hydroxylation is 2. The predicted octanol–water partition coefficient (Wildman–Crippen LogP) is 5.37. The molecule has 4 aromatic rings. The Morgan fingerprint density at radius 1 is 1.03 bits per heavy atom. The van der Waals surface area contributed by atoms with E-state index in [0.29, 0.717) is 44.6 Å². The van der Waals surface area contributed by atoms with Crippen LogP contribution in [0.2, 0.25) is 0 Å². The summed E-state index contributed by atoms with van der Waals surface area (Å²) in [4.78, 5) is 16.4. The third-order valence-electron chi connectivity index (χ3n) is 5.52. The number of nitrogens with zero attached hydrogens (tertiary/aromatic N) is 3. The first-order valence-electron chi connectivity index (χ1n) is 12.1. The van der Waals surface area contributed by atoms with Gasteiger partial charge in [-0.05, 0) is 57.0 Å². The molecule has 0 spiro atoms. The van der Waals surface area contributed by atoms with Crippen LogP contribution in [0, 0.1) is 6.92 Å². The van der Waals surface area contributed by atoms with Crippen LogP contribution in [0.3, 0.4) is 0 Å². The van der Waals surface area contributed by atoms with E-state index >= 15 is 0 Å². The van der Waals surface area contributed by atoms with Gasteiger partial charge in [0.25, 0.3) is 0 Å². The average Bonchev–Trinajstić information content (AvgIpc) is 3.45. The molecule has 0 bridgehead atoms. The van der Waals surface area contributed by atoms with Crippen molar-refractivity contribution in [1.29, 1.82) is 0 Å². The highest BCUT2D eigenvalue weighted by Crippen LogP contribution is 2.24. The van der Waals surface area contributed by atoms with Crippen LogP contribution < -0.4 is 9.47 Å². The van der Waals surface area contributed by atoms with Crippen molar-refractivity contribution in [3.8, 4) is 23.1 Å². The van der Waals surface area contributed by atoms with Crippen molar-refractivity contribution in [3.63, 3.8) is 0 Å². The van der Waals surface area contributed by atoms with Crippen molar-refractivity contribution in [2.45, 2.75) is 46.8 Å². The lowest BCUT2D eigenvalue weighted by molar-refractivity contribution is -0.143. The minimum atomic E-state index is -0.226. The highest BCUT2D eigenvalue weighted by Gasteiger charge is 2.14. The molecule has 2 heterocycles. The largest absolute Gasteiger partial charge is 0.487 e. The molecule has 0 aliphatic rings. The summed E-state index contributed by atoms with van der Waals surface area (Å²) in [5, 5.41) is 4.56. The van der Waals surface area contributed by atoms with E-state index < -0.39 is 0 Å². The lowest BCUT2D eigenvalue weighted by Crippen LogP contribution is -2.05. The van der Waals surface area contributed by atoms with Gasteiger partial charge in [-0.1, -0.05) is 30.3 Å². The second kappa shape index (κ2) is 12.1. The standard InChI is InChI=1S/C28H31N3O5/c1-4-33-26(32)15-14-23-18-31(30-28(23)34-5-2)17-21-10-9-13-24(16-21)35-19-25-20(3)36-27(29-25)22-11-7-6-8-12-22/h6-13,16,18H,4-5,14-15,17,19H2,1-3H3. The minimum Gasteiger partial charge on any atom is -0.487 e. The zero-order valence-corrected chi connectivity index (χ0v) is 20.9. The summed E-state index contributed by atoms with van der Waals surface area (Å²) < 4.78 is 24.4. The SMILES string of the molecule is CCOC(=O)CCc1cn(Cc2cccc(OCc3nc(-c4ccccc4)oc3C)c2)nc1OCC. The van der Waals surface area contributed by atoms with Gasteiger partial charge in [0.1, 0.15) is 23.8 Å². The highest BCUT2D eigenvalue weighted by molar-refractivity contribution is 5.69. The number of hydrogen-bond acceptors (Lipinski definition) is 7. The molecule has 2 aromatic carbocycles. The molecule has 0 unspecified atom stereocenters. The fourth-order valence-electron chi connectivity index (χ4n) is 3.76. The molecule has 0 atom stereocenters. The van der Waals surface area contributed by atoms with Crippen molar-refractivity contribution in [2.24, 2.45) is 0 Å². The molecule has 0 aliphatic heterocycles. The van der Waals surface area contributed by atoms with Gasteiger partial charge in [0.15, 0.2) is 0 Å². The van der Waals surface area contributed by atoms with Gasteiger partial charge in [0.05, 0.1) is 19.8 Å². The van der Waals surface area contributed by atoms with Gasteiger partial charge in [0, 0.05) is 23.7 Å². The van der Waals surface area contributed by atoms with Crippen molar-refractivity contribution >= 4 is 5.97 Å². The lowest BCUT2D eigenvalue weighted by Gasteiger charge is -2.07. The Labute approximate surface area is 210 Å². The molecule has 0 fully saturated rings. The maximum absolute atomic E-state index is 11.8. The van der Waals surface area contributed by atoms with Crippen LogP contribution in [0.15, 0.2) is 65.2 Å². The summed E-state index contributed by atoms with van der Waals surface area (Å²) in [6, 6.07) is 17.7. The minimum absolute atomic E-state index is 0.226.